The minimum atomic E-state index is -0.229. The maximum atomic E-state index is 12.3. The predicted molar refractivity (Wildman–Crippen MR) is 80.4 cm³/mol. The van der Waals surface area contributed by atoms with Crippen molar-refractivity contribution < 1.29 is 4.79 Å². The first kappa shape index (κ1) is 13.8. The van der Waals surface area contributed by atoms with Crippen molar-refractivity contribution >= 4 is 17.4 Å². The Labute approximate surface area is 123 Å². The number of aryl methyl sites for hydroxylation is 1. The number of fused-ring (bicyclic) bond motifs is 1. The second-order valence-electron chi connectivity index (χ2n) is 5.23. The summed E-state index contributed by atoms with van der Waals surface area (Å²) in [6.45, 7) is 6.84. The van der Waals surface area contributed by atoms with Crippen molar-refractivity contribution in [2.75, 3.05) is 31.1 Å². The Morgan fingerprint density at radius 3 is 3.19 bits per heavy atom. The van der Waals surface area contributed by atoms with E-state index in [0.717, 1.165) is 30.1 Å². The molecule has 2 aromatic heterocycles. The molecular formula is C14H20N6O. The highest BCUT2D eigenvalue weighted by Gasteiger charge is 2.30. The minimum Gasteiger partial charge on any atom is -0.355 e. The fraction of sp³-hybridized carbons (Fsp3) is 0.500. The highest BCUT2D eigenvalue weighted by molar-refractivity contribution is 5.85. The second-order valence-corrected chi connectivity index (χ2v) is 5.23. The van der Waals surface area contributed by atoms with Gasteiger partial charge in [-0.1, -0.05) is 0 Å². The van der Waals surface area contributed by atoms with Crippen LogP contribution in [-0.2, 0) is 4.79 Å². The Morgan fingerprint density at radius 2 is 2.38 bits per heavy atom. The van der Waals surface area contributed by atoms with Crippen molar-refractivity contribution in [2.45, 2.75) is 19.9 Å². The molecule has 1 unspecified atom stereocenters. The number of aromatic nitrogens is 3. The van der Waals surface area contributed by atoms with Gasteiger partial charge in [-0.2, -0.15) is 9.61 Å². The first-order valence-corrected chi connectivity index (χ1v) is 7.26. The number of nitrogens with one attached hydrogen (secondary N) is 2. The molecule has 0 spiro atoms. The van der Waals surface area contributed by atoms with Gasteiger partial charge < -0.3 is 15.5 Å². The van der Waals surface area contributed by atoms with Gasteiger partial charge in [-0.05, 0) is 31.5 Å². The fourth-order valence-electron chi connectivity index (χ4n) is 2.74. The molecule has 112 valence electrons. The van der Waals surface area contributed by atoms with Gasteiger partial charge in [-0.3, -0.25) is 4.79 Å². The van der Waals surface area contributed by atoms with E-state index in [9.17, 15) is 4.79 Å². The quantitative estimate of drug-likeness (QED) is 0.828. The number of carbonyl (C=O) groups is 1. The van der Waals surface area contributed by atoms with E-state index in [0.29, 0.717) is 13.1 Å². The van der Waals surface area contributed by atoms with Crippen LogP contribution in [-0.4, -0.2) is 52.7 Å². The molecule has 21 heavy (non-hydrogen) atoms. The normalized spacial score (nSPS) is 19.0. The number of rotatable bonds is 3. The number of carbonyl (C=O) groups excluding carboxylic acids is 1. The van der Waals surface area contributed by atoms with E-state index in [1.54, 1.807) is 10.8 Å². The van der Waals surface area contributed by atoms with Crippen LogP contribution in [0.15, 0.2) is 18.5 Å². The van der Waals surface area contributed by atoms with E-state index in [2.05, 4.69) is 31.7 Å². The summed E-state index contributed by atoms with van der Waals surface area (Å²) in [7, 11) is 0. The molecule has 1 fully saturated rings. The SMILES string of the molecule is CCNC(=O)C1CNCCN1c1cc(C)cc2ncnn12. The summed E-state index contributed by atoms with van der Waals surface area (Å²) in [6.07, 6.45) is 1.54. The van der Waals surface area contributed by atoms with E-state index in [-0.39, 0.29) is 11.9 Å². The van der Waals surface area contributed by atoms with Crippen molar-refractivity contribution in [3.05, 3.63) is 24.0 Å². The third kappa shape index (κ3) is 2.56. The summed E-state index contributed by atoms with van der Waals surface area (Å²) in [5, 5.41) is 10.5. The molecule has 0 radical (unpaired) electrons. The number of anilines is 1. The molecule has 7 nitrogen and oxygen atoms in total. The van der Waals surface area contributed by atoms with Crippen LogP contribution in [0.1, 0.15) is 12.5 Å². The van der Waals surface area contributed by atoms with Crippen LogP contribution in [0.25, 0.3) is 5.65 Å². The Balaban J connectivity index is 2.02. The molecule has 1 amide bonds. The molecule has 2 N–H and O–H groups in total. The third-order valence-electron chi connectivity index (χ3n) is 3.70. The number of amides is 1. The number of nitrogens with zero attached hydrogens (tertiary/aromatic N) is 4. The highest BCUT2D eigenvalue weighted by Crippen LogP contribution is 2.21. The molecule has 1 atom stereocenters. The van der Waals surface area contributed by atoms with Crippen LogP contribution < -0.4 is 15.5 Å². The van der Waals surface area contributed by atoms with E-state index in [4.69, 9.17) is 0 Å². The molecule has 0 aliphatic carbocycles. The average Bonchev–Trinajstić information content (AvgIpc) is 2.94. The number of piperazine rings is 1. The zero-order chi connectivity index (χ0) is 14.8. The van der Waals surface area contributed by atoms with Crippen LogP contribution >= 0.6 is 0 Å². The lowest BCUT2D eigenvalue weighted by molar-refractivity contribution is -0.122. The zero-order valence-electron chi connectivity index (χ0n) is 12.3. The van der Waals surface area contributed by atoms with E-state index in [1.807, 2.05) is 19.9 Å². The maximum absolute atomic E-state index is 12.3. The molecule has 3 heterocycles. The molecule has 0 bridgehead atoms. The number of hydrogen-bond acceptors (Lipinski definition) is 5. The van der Waals surface area contributed by atoms with E-state index in [1.165, 1.54) is 0 Å². The highest BCUT2D eigenvalue weighted by atomic mass is 16.2. The van der Waals surface area contributed by atoms with Gasteiger partial charge in [0.05, 0.1) is 0 Å². The van der Waals surface area contributed by atoms with Crippen molar-refractivity contribution in [1.82, 2.24) is 25.2 Å². The van der Waals surface area contributed by atoms with Gasteiger partial charge in [0.15, 0.2) is 5.65 Å². The van der Waals surface area contributed by atoms with Crippen molar-refractivity contribution in [3.63, 3.8) is 0 Å². The monoisotopic (exact) mass is 288 g/mol. The molecule has 1 aliphatic rings. The van der Waals surface area contributed by atoms with Gasteiger partial charge in [0.2, 0.25) is 5.91 Å². The molecule has 0 aromatic carbocycles. The van der Waals surface area contributed by atoms with Gasteiger partial charge in [0, 0.05) is 26.2 Å². The summed E-state index contributed by atoms with van der Waals surface area (Å²) in [5.41, 5.74) is 1.91. The Morgan fingerprint density at radius 1 is 1.52 bits per heavy atom. The van der Waals surface area contributed by atoms with Gasteiger partial charge >= 0.3 is 0 Å². The van der Waals surface area contributed by atoms with Gasteiger partial charge in [0.25, 0.3) is 0 Å². The molecule has 3 rings (SSSR count). The predicted octanol–water partition coefficient (Wildman–Crippen LogP) is -0.0480. The maximum Gasteiger partial charge on any atom is 0.244 e. The van der Waals surface area contributed by atoms with Crippen LogP contribution in [0.3, 0.4) is 0 Å². The summed E-state index contributed by atoms with van der Waals surface area (Å²) in [5.74, 6) is 0.958. The number of pyridine rings is 1. The van der Waals surface area contributed by atoms with Gasteiger partial charge in [0.1, 0.15) is 18.2 Å². The smallest absolute Gasteiger partial charge is 0.244 e. The second kappa shape index (κ2) is 5.69. The molecule has 0 saturated carbocycles. The Bertz CT molecular complexity index is 652. The Hall–Kier alpha value is -2.15. The fourth-order valence-corrected chi connectivity index (χ4v) is 2.74. The van der Waals surface area contributed by atoms with Crippen LogP contribution in [0.4, 0.5) is 5.82 Å². The molecule has 2 aromatic rings. The van der Waals surface area contributed by atoms with Crippen LogP contribution in [0.5, 0.6) is 0 Å². The van der Waals surface area contributed by atoms with E-state index < -0.39 is 0 Å². The third-order valence-corrected chi connectivity index (χ3v) is 3.70. The van der Waals surface area contributed by atoms with Crippen molar-refractivity contribution in [2.24, 2.45) is 0 Å². The average molecular weight is 288 g/mol. The lowest BCUT2D eigenvalue weighted by Gasteiger charge is -2.36. The topological polar surface area (TPSA) is 74.6 Å². The lowest BCUT2D eigenvalue weighted by atomic mass is 10.1. The first-order valence-electron chi connectivity index (χ1n) is 7.26. The van der Waals surface area contributed by atoms with Crippen LogP contribution in [0, 0.1) is 6.92 Å². The summed E-state index contributed by atoms with van der Waals surface area (Å²) in [6, 6.07) is 3.81. The standard InChI is InChI=1S/C14H20N6O/c1-3-16-14(21)11-8-15-4-5-19(11)13-7-10(2)6-12-17-9-18-20(12)13/h6-7,9,11,15H,3-5,8H2,1-2H3,(H,16,21). The van der Waals surface area contributed by atoms with Gasteiger partial charge in [-0.25, -0.2) is 4.98 Å². The largest absolute Gasteiger partial charge is 0.355 e. The summed E-state index contributed by atoms with van der Waals surface area (Å²) < 4.78 is 1.80. The minimum absolute atomic E-state index is 0.0412. The van der Waals surface area contributed by atoms with Crippen molar-refractivity contribution in [3.8, 4) is 0 Å². The van der Waals surface area contributed by atoms with Crippen molar-refractivity contribution in [1.29, 1.82) is 0 Å². The zero-order valence-corrected chi connectivity index (χ0v) is 12.3. The molecule has 1 aliphatic heterocycles. The molecule has 1 saturated heterocycles. The van der Waals surface area contributed by atoms with Gasteiger partial charge in [-0.15, -0.1) is 0 Å². The number of hydrogen-bond donors (Lipinski definition) is 2. The first-order chi connectivity index (χ1) is 10.2. The number of likely N-dealkylation sites (N-methyl/N-ethyl adjacent to an activating group) is 1. The summed E-state index contributed by atoms with van der Waals surface area (Å²) in [4.78, 5) is 18.7. The lowest BCUT2D eigenvalue weighted by Crippen LogP contribution is -2.58. The van der Waals surface area contributed by atoms with E-state index >= 15 is 0 Å². The Kier molecular flexibility index (Phi) is 3.74. The molecule has 7 heteroatoms. The molecular weight excluding hydrogens is 268 g/mol. The van der Waals surface area contributed by atoms with Crippen LogP contribution in [0.2, 0.25) is 0 Å². The summed E-state index contributed by atoms with van der Waals surface area (Å²) >= 11 is 0.